The lowest BCUT2D eigenvalue weighted by Crippen LogP contribution is -2.04. The molecule has 0 amide bonds. The average molecular weight is 976 g/mol. The van der Waals surface area contributed by atoms with Crippen molar-refractivity contribution in [3.63, 3.8) is 0 Å². The highest BCUT2D eigenvalue weighted by molar-refractivity contribution is 7.48. The van der Waals surface area contributed by atoms with Crippen LogP contribution in [0.2, 0.25) is 0 Å². The average Bonchev–Trinajstić information content (AvgIpc) is 3.31. The first-order chi connectivity index (χ1) is 33.0. The van der Waals surface area contributed by atoms with E-state index in [1.165, 1.54) is 193 Å². The van der Waals surface area contributed by atoms with E-state index in [2.05, 4.69) is 19.7 Å². The number of Topliss-reactive ketones (excluding diaryl/α,β-unsaturated/α-hetero) is 3. The standard InChI is InChI=1S/C60H111O7P/c1-55(2)58(61)49-43-37-31-25-19-13-7-10-16-22-28-34-40-46-52-65-68(64,66-53-47-41-35-29-23-17-11-8-14-20-26-32-38-44-50-59(62)56(3)4)67-54-48-42-36-30-24-18-12-9-15-21-27-33-39-45-51-60(63)57(5)6/h1,3,5,7-54H2,2,4,6H3. The highest BCUT2D eigenvalue weighted by Gasteiger charge is 2.26. The number of hydrogen-bond donors (Lipinski definition) is 0. The molecule has 7 nitrogen and oxygen atoms in total. The van der Waals surface area contributed by atoms with Crippen LogP contribution in [0.3, 0.4) is 0 Å². The van der Waals surface area contributed by atoms with E-state index < -0.39 is 7.82 Å². The van der Waals surface area contributed by atoms with Gasteiger partial charge in [-0.1, -0.05) is 251 Å². The minimum Gasteiger partial charge on any atom is -0.295 e. The Kier molecular flexibility index (Phi) is 49.1. The van der Waals surface area contributed by atoms with E-state index in [9.17, 15) is 18.9 Å². The van der Waals surface area contributed by atoms with Gasteiger partial charge in [-0.15, -0.1) is 0 Å². The summed E-state index contributed by atoms with van der Waals surface area (Å²) in [5.74, 6) is 0.654. The van der Waals surface area contributed by atoms with Crippen LogP contribution in [0.1, 0.15) is 310 Å². The third kappa shape index (κ3) is 48.0. The Bertz CT molecular complexity index is 1140. The molecular weight excluding hydrogens is 864 g/mol. The molecule has 0 aromatic carbocycles. The first-order valence-corrected chi connectivity index (χ1v) is 30.5. The quantitative estimate of drug-likeness (QED) is 0.0340. The van der Waals surface area contributed by atoms with Crippen LogP contribution in [0.4, 0.5) is 0 Å². The van der Waals surface area contributed by atoms with Gasteiger partial charge in [0.1, 0.15) is 0 Å². The van der Waals surface area contributed by atoms with Gasteiger partial charge in [0, 0.05) is 19.3 Å². The van der Waals surface area contributed by atoms with Crippen LogP contribution in [-0.2, 0) is 32.5 Å². The number of allylic oxidation sites excluding steroid dienone is 3. The summed E-state index contributed by atoms with van der Waals surface area (Å²) >= 11 is 0. The van der Waals surface area contributed by atoms with Crippen molar-refractivity contribution >= 4 is 25.2 Å². The Morgan fingerprint density at radius 1 is 0.265 bits per heavy atom. The maximum atomic E-state index is 13.7. The molecule has 0 aromatic heterocycles. The SMILES string of the molecule is C=C(C)C(=O)CCCCCCCCCCCCCCCCOP(=O)(OCCCCCCCCCCCCCCCCC(=O)C(=C)C)OCCCCCCCCCCCCCCCCC(=O)C(=C)C. The van der Waals surface area contributed by atoms with Crippen LogP contribution in [0.15, 0.2) is 36.5 Å². The van der Waals surface area contributed by atoms with Crippen molar-refractivity contribution in [3.8, 4) is 0 Å². The molecule has 0 radical (unpaired) electrons. The summed E-state index contributed by atoms with van der Waals surface area (Å²) in [7, 11) is -3.56. The van der Waals surface area contributed by atoms with Gasteiger partial charge in [0.15, 0.2) is 17.3 Å². The molecule has 0 aliphatic carbocycles. The van der Waals surface area contributed by atoms with E-state index in [-0.39, 0.29) is 17.3 Å². The fourth-order valence-electron chi connectivity index (χ4n) is 8.81. The second kappa shape index (κ2) is 50.3. The predicted molar refractivity (Wildman–Crippen MR) is 293 cm³/mol. The number of phosphoric acid groups is 1. The lowest BCUT2D eigenvalue weighted by molar-refractivity contribution is -0.116. The molecule has 0 aliphatic rings. The van der Waals surface area contributed by atoms with E-state index in [1.807, 2.05) is 20.8 Å². The van der Waals surface area contributed by atoms with Crippen molar-refractivity contribution < 1.29 is 32.5 Å². The molecule has 0 spiro atoms. The molecule has 0 aromatic rings. The molecule has 0 atom stereocenters. The molecule has 0 unspecified atom stereocenters. The van der Waals surface area contributed by atoms with E-state index >= 15 is 0 Å². The molecule has 0 saturated carbocycles. The Labute approximate surface area is 422 Å². The number of unbranched alkanes of at least 4 members (excludes halogenated alkanes) is 39. The van der Waals surface area contributed by atoms with Gasteiger partial charge >= 0.3 is 7.82 Å². The van der Waals surface area contributed by atoms with Crippen molar-refractivity contribution in [1.82, 2.24) is 0 Å². The molecule has 8 heteroatoms. The Morgan fingerprint density at radius 3 is 0.544 bits per heavy atom. The van der Waals surface area contributed by atoms with Gasteiger partial charge in [-0.25, -0.2) is 4.57 Å². The summed E-state index contributed by atoms with van der Waals surface area (Å²) in [5.41, 5.74) is 2.07. The second-order valence-electron chi connectivity index (χ2n) is 20.7. The van der Waals surface area contributed by atoms with Crippen LogP contribution >= 0.6 is 7.82 Å². The molecule has 0 bridgehead atoms. The van der Waals surface area contributed by atoms with E-state index in [4.69, 9.17) is 13.6 Å². The summed E-state index contributed by atoms with van der Waals surface area (Å²) in [5, 5.41) is 0. The minimum absolute atomic E-state index is 0.218. The van der Waals surface area contributed by atoms with Crippen molar-refractivity contribution in [2.75, 3.05) is 19.8 Å². The largest absolute Gasteiger partial charge is 0.474 e. The first kappa shape index (κ1) is 66.3. The van der Waals surface area contributed by atoms with Crippen LogP contribution in [0, 0.1) is 0 Å². The maximum Gasteiger partial charge on any atom is 0.474 e. The zero-order valence-electron chi connectivity index (χ0n) is 45.4. The molecule has 0 heterocycles. The molecule has 0 aliphatic heterocycles. The summed E-state index contributed by atoms with van der Waals surface area (Å²) in [6.45, 7) is 17.9. The van der Waals surface area contributed by atoms with Gasteiger partial charge in [-0.2, -0.15) is 0 Å². The zero-order chi connectivity index (χ0) is 50.0. The Balaban J connectivity index is 4.17. The summed E-state index contributed by atoms with van der Waals surface area (Å²) in [4.78, 5) is 34.9. The molecule has 0 saturated heterocycles. The van der Waals surface area contributed by atoms with Crippen molar-refractivity contribution in [1.29, 1.82) is 0 Å². The summed E-state index contributed by atoms with van der Waals surface area (Å²) in [6.07, 6.45) is 52.9. The molecule has 0 N–H and O–H groups in total. The molecule has 0 fully saturated rings. The van der Waals surface area contributed by atoms with Crippen molar-refractivity contribution in [3.05, 3.63) is 36.5 Å². The van der Waals surface area contributed by atoms with Gasteiger partial charge in [0.2, 0.25) is 0 Å². The highest BCUT2D eigenvalue weighted by atomic mass is 31.2. The van der Waals surface area contributed by atoms with E-state index in [0.29, 0.717) is 55.8 Å². The van der Waals surface area contributed by atoms with E-state index in [0.717, 1.165) is 77.0 Å². The van der Waals surface area contributed by atoms with Crippen molar-refractivity contribution in [2.45, 2.75) is 310 Å². The normalized spacial score (nSPS) is 11.6. The number of hydrogen-bond acceptors (Lipinski definition) is 7. The topological polar surface area (TPSA) is 96.0 Å². The molecule has 68 heavy (non-hydrogen) atoms. The summed E-state index contributed by atoms with van der Waals surface area (Å²) in [6, 6.07) is 0. The predicted octanol–water partition coefficient (Wildman–Crippen LogP) is 20.1. The third-order valence-corrected chi connectivity index (χ3v) is 15.1. The third-order valence-electron chi connectivity index (χ3n) is 13.6. The lowest BCUT2D eigenvalue weighted by Gasteiger charge is -2.18. The fourth-order valence-corrected chi connectivity index (χ4v) is 10.1. The zero-order valence-corrected chi connectivity index (χ0v) is 46.3. The monoisotopic (exact) mass is 975 g/mol. The smallest absolute Gasteiger partial charge is 0.295 e. The maximum absolute atomic E-state index is 13.7. The van der Waals surface area contributed by atoms with Gasteiger partial charge in [-0.05, 0) is 76.0 Å². The Morgan fingerprint density at radius 2 is 0.397 bits per heavy atom. The van der Waals surface area contributed by atoms with Gasteiger partial charge in [0.05, 0.1) is 19.8 Å². The van der Waals surface area contributed by atoms with Crippen molar-refractivity contribution in [2.24, 2.45) is 0 Å². The fraction of sp³-hybridized carbons (Fsp3) is 0.850. The number of carbonyl (C=O) groups is 3. The first-order valence-electron chi connectivity index (χ1n) is 29.1. The lowest BCUT2D eigenvalue weighted by atomic mass is 10.0. The van der Waals surface area contributed by atoms with Crippen LogP contribution in [-0.4, -0.2) is 37.2 Å². The number of rotatable bonds is 57. The minimum atomic E-state index is -3.56. The molecule has 398 valence electrons. The summed E-state index contributed by atoms with van der Waals surface area (Å²) < 4.78 is 31.4. The van der Waals surface area contributed by atoms with Gasteiger partial charge < -0.3 is 0 Å². The van der Waals surface area contributed by atoms with E-state index in [1.54, 1.807) is 0 Å². The van der Waals surface area contributed by atoms with Gasteiger partial charge in [-0.3, -0.25) is 28.0 Å². The number of carbonyl (C=O) groups excluding carboxylic acids is 3. The number of ketones is 3. The number of phosphoric ester groups is 1. The Hall–Kier alpha value is -1.66. The highest BCUT2D eigenvalue weighted by Crippen LogP contribution is 2.50. The van der Waals surface area contributed by atoms with Crippen LogP contribution < -0.4 is 0 Å². The molecule has 0 rings (SSSR count). The van der Waals surface area contributed by atoms with Crippen LogP contribution in [0.25, 0.3) is 0 Å². The second-order valence-corrected chi connectivity index (χ2v) is 22.3. The molecular formula is C60H111O7P. The van der Waals surface area contributed by atoms with Gasteiger partial charge in [0.25, 0.3) is 0 Å². The van der Waals surface area contributed by atoms with Crippen LogP contribution in [0.5, 0.6) is 0 Å².